The molecule has 2 heterocycles. The van der Waals surface area contributed by atoms with Crippen LogP contribution in [0.25, 0.3) is 11.0 Å². The molecule has 84 valence electrons. The molecule has 0 saturated heterocycles. The molecule has 0 aliphatic carbocycles. The van der Waals surface area contributed by atoms with E-state index in [0.29, 0.717) is 19.8 Å². The summed E-state index contributed by atoms with van der Waals surface area (Å²) in [5.74, 6) is 2.41. The molecule has 0 spiro atoms. The van der Waals surface area contributed by atoms with Crippen molar-refractivity contribution in [1.82, 2.24) is 9.55 Å². The van der Waals surface area contributed by atoms with Gasteiger partial charge in [-0.3, -0.25) is 0 Å². The van der Waals surface area contributed by atoms with Gasteiger partial charge in [0.05, 0.1) is 17.6 Å². The van der Waals surface area contributed by atoms with Gasteiger partial charge in [0.15, 0.2) is 11.5 Å². The predicted octanol–water partition coefficient (Wildman–Crippen LogP) is 0.803. The van der Waals surface area contributed by atoms with Crippen molar-refractivity contribution in [3.63, 3.8) is 0 Å². The highest BCUT2D eigenvalue weighted by Gasteiger charge is 2.16. The second-order valence-corrected chi connectivity index (χ2v) is 3.78. The fourth-order valence-corrected chi connectivity index (χ4v) is 1.96. The zero-order chi connectivity index (χ0) is 11.1. The Labute approximate surface area is 92.8 Å². The molecule has 1 aromatic carbocycles. The Kier molecular flexibility index (Phi) is 2.00. The highest BCUT2D eigenvalue weighted by Crippen LogP contribution is 2.34. The van der Waals surface area contributed by atoms with Crippen molar-refractivity contribution in [2.45, 2.75) is 6.54 Å². The molecule has 1 aliphatic rings. The van der Waals surface area contributed by atoms with Gasteiger partial charge in [-0.2, -0.15) is 0 Å². The van der Waals surface area contributed by atoms with E-state index in [2.05, 4.69) is 4.98 Å². The van der Waals surface area contributed by atoms with Crippen molar-refractivity contribution in [3.05, 3.63) is 18.0 Å². The minimum absolute atomic E-state index is 0.428. The van der Waals surface area contributed by atoms with Crippen molar-refractivity contribution in [2.24, 2.45) is 12.8 Å². The smallest absolute Gasteiger partial charge is 0.163 e. The van der Waals surface area contributed by atoms with Crippen molar-refractivity contribution in [1.29, 1.82) is 0 Å². The van der Waals surface area contributed by atoms with E-state index >= 15 is 0 Å². The fourth-order valence-electron chi connectivity index (χ4n) is 1.96. The van der Waals surface area contributed by atoms with Crippen LogP contribution in [-0.4, -0.2) is 22.8 Å². The van der Waals surface area contributed by atoms with Gasteiger partial charge in [-0.1, -0.05) is 0 Å². The summed E-state index contributed by atoms with van der Waals surface area (Å²) in [7, 11) is 1.95. The molecule has 3 rings (SSSR count). The summed E-state index contributed by atoms with van der Waals surface area (Å²) >= 11 is 0. The van der Waals surface area contributed by atoms with Crippen LogP contribution in [-0.2, 0) is 13.6 Å². The molecule has 0 atom stereocenters. The molecule has 0 radical (unpaired) electrons. The minimum atomic E-state index is 0.428. The summed E-state index contributed by atoms with van der Waals surface area (Å²) in [6.07, 6.45) is 0. The molecule has 1 aromatic heterocycles. The van der Waals surface area contributed by atoms with Gasteiger partial charge in [-0.25, -0.2) is 4.98 Å². The number of ether oxygens (including phenoxy) is 2. The van der Waals surface area contributed by atoms with E-state index in [4.69, 9.17) is 15.2 Å². The summed E-state index contributed by atoms with van der Waals surface area (Å²) in [5.41, 5.74) is 7.54. The average molecular weight is 219 g/mol. The summed E-state index contributed by atoms with van der Waals surface area (Å²) in [4.78, 5) is 4.44. The van der Waals surface area contributed by atoms with E-state index in [1.165, 1.54) is 0 Å². The van der Waals surface area contributed by atoms with Gasteiger partial charge >= 0.3 is 0 Å². The van der Waals surface area contributed by atoms with E-state index in [0.717, 1.165) is 28.4 Å². The van der Waals surface area contributed by atoms with E-state index in [1.807, 2.05) is 23.7 Å². The van der Waals surface area contributed by atoms with Crippen LogP contribution in [0.5, 0.6) is 11.5 Å². The lowest BCUT2D eigenvalue weighted by molar-refractivity contribution is 0.172. The molecular weight excluding hydrogens is 206 g/mol. The van der Waals surface area contributed by atoms with Crippen LogP contribution >= 0.6 is 0 Å². The van der Waals surface area contributed by atoms with Crippen LogP contribution < -0.4 is 15.2 Å². The van der Waals surface area contributed by atoms with Crippen molar-refractivity contribution in [2.75, 3.05) is 13.2 Å². The molecular formula is C11H13N3O2. The average Bonchev–Trinajstić information content (AvgIpc) is 2.63. The third-order valence-corrected chi connectivity index (χ3v) is 2.82. The number of hydrogen-bond acceptors (Lipinski definition) is 4. The third kappa shape index (κ3) is 1.25. The summed E-state index contributed by atoms with van der Waals surface area (Å²) in [5, 5.41) is 0. The Morgan fingerprint density at radius 3 is 2.69 bits per heavy atom. The molecule has 2 N–H and O–H groups in total. The van der Waals surface area contributed by atoms with Gasteiger partial charge in [-0.05, 0) is 0 Å². The Morgan fingerprint density at radius 1 is 1.31 bits per heavy atom. The Hall–Kier alpha value is -1.75. The zero-order valence-electron chi connectivity index (χ0n) is 9.06. The van der Waals surface area contributed by atoms with Crippen LogP contribution in [0.3, 0.4) is 0 Å². The summed E-state index contributed by atoms with van der Waals surface area (Å²) < 4.78 is 13.0. The molecule has 16 heavy (non-hydrogen) atoms. The number of aromatic nitrogens is 2. The number of rotatable bonds is 1. The molecule has 5 heteroatoms. The fraction of sp³-hybridized carbons (Fsp3) is 0.364. The van der Waals surface area contributed by atoms with Gasteiger partial charge in [0, 0.05) is 19.2 Å². The van der Waals surface area contributed by atoms with Gasteiger partial charge in [0.2, 0.25) is 0 Å². The molecule has 2 aromatic rings. The third-order valence-electron chi connectivity index (χ3n) is 2.82. The van der Waals surface area contributed by atoms with Crippen LogP contribution in [0.4, 0.5) is 0 Å². The Bertz CT molecular complexity index is 548. The van der Waals surface area contributed by atoms with E-state index in [1.54, 1.807) is 0 Å². The van der Waals surface area contributed by atoms with E-state index in [-0.39, 0.29) is 0 Å². The first-order valence-corrected chi connectivity index (χ1v) is 5.24. The standard InChI is InChI=1S/C11H13N3O2/c1-14-8-5-10-9(15-2-3-16-10)4-7(8)13-11(14)6-12/h4-5H,2-3,6,12H2,1H3. The van der Waals surface area contributed by atoms with Crippen molar-refractivity contribution < 1.29 is 9.47 Å². The number of benzene rings is 1. The molecule has 0 saturated carbocycles. The normalized spacial score (nSPS) is 14.4. The number of fused-ring (bicyclic) bond motifs is 2. The van der Waals surface area contributed by atoms with Crippen LogP contribution in [0.15, 0.2) is 12.1 Å². The van der Waals surface area contributed by atoms with Gasteiger partial charge < -0.3 is 19.8 Å². The lowest BCUT2D eigenvalue weighted by Gasteiger charge is -2.18. The maximum Gasteiger partial charge on any atom is 0.163 e. The van der Waals surface area contributed by atoms with E-state index in [9.17, 15) is 0 Å². The molecule has 1 aliphatic heterocycles. The maximum absolute atomic E-state index is 5.62. The van der Waals surface area contributed by atoms with Crippen LogP contribution in [0.2, 0.25) is 0 Å². The minimum Gasteiger partial charge on any atom is -0.486 e. The van der Waals surface area contributed by atoms with Crippen LogP contribution in [0.1, 0.15) is 5.82 Å². The molecule has 0 unspecified atom stereocenters. The first kappa shape index (κ1) is 9.47. The lowest BCUT2D eigenvalue weighted by Crippen LogP contribution is -2.15. The highest BCUT2D eigenvalue weighted by molar-refractivity contribution is 5.80. The molecule has 0 fully saturated rings. The predicted molar refractivity (Wildman–Crippen MR) is 59.6 cm³/mol. The van der Waals surface area contributed by atoms with Gasteiger partial charge in [0.25, 0.3) is 0 Å². The largest absolute Gasteiger partial charge is 0.486 e. The van der Waals surface area contributed by atoms with Crippen molar-refractivity contribution >= 4 is 11.0 Å². The highest BCUT2D eigenvalue weighted by atomic mass is 16.6. The Balaban J connectivity index is 2.25. The number of nitrogens with two attached hydrogens (primary N) is 1. The van der Waals surface area contributed by atoms with E-state index < -0.39 is 0 Å². The van der Waals surface area contributed by atoms with Crippen LogP contribution in [0, 0.1) is 0 Å². The maximum atomic E-state index is 5.62. The summed E-state index contributed by atoms with van der Waals surface area (Å²) in [6.45, 7) is 1.62. The second-order valence-electron chi connectivity index (χ2n) is 3.78. The lowest BCUT2D eigenvalue weighted by atomic mass is 10.2. The molecule has 0 amide bonds. The Morgan fingerprint density at radius 2 is 2.00 bits per heavy atom. The SMILES string of the molecule is Cn1c(CN)nc2cc3c(cc21)OCCO3. The molecule has 5 nitrogen and oxygen atoms in total. The number of nitrogens with zero attached hydrogens (tertiary/aromatic N) is 2. The second kappa shape index (κ2) is 3.38. The number of aryl methyl sites for hydroxylation is 1. The summed E-state index contributed by atoms with van der Waals surface area (Å²) in [6, 6.07) is 3.86. The van der Waals surface area contributed by atoms with Gasteiger partial charge in [-0.15, -0.1) is 0 Å². The quantitative estimate of drug-likeness (QED) is 0.770. The number of imidazole rings is 1. The number of hydrogen-bond donors (Lipinski definition) is 1. The monoisotopic (exact) mass is 219 g/mol. The van der Waals surface area contributed by atoms with Gasteiger partial charge in [0.1, 0.15) is 19.0 Å². The molecule has 0 bridgehead atoms. The van der Waals surface area contributed by atoms with Crippen molar-refractivity contribution in [3.8, 4) is 11.5 Å². The zero-order valence-corrected chi connectivity index (χ0v) is 9.06. The first-order valence-electron chi connectivity index (χ1n) is 5.24. The topological polar surface area (TPSA) is 62.3 Å². The first-order chi connectivity index (χ1) is 7.79.